The zero-order valence-electron chi connectivity index (χ0n) is 10.3. The van der Waals surface area contributed by atoms with Crippen molar-refractivity contribution in [2.75, 3.05) is 31.8 Å². The van der Waals surface area contributed by atoms with E-state index in [9.17, 15) is 4.79 Å². The normalized spacial score (nSPS) is 24.1. The predicted molar refractivity (Wildman–Crippen MR) is 67.1 cm³/mol. The van der Waals surface area contributed by atoms with Gasteiger partial charge in [-0.3, -0.25) is 0 Å². The third-order valence-electron chi connectivity index (χ3n) is 2.84. The molecule has 6 nitrogen and oxygen atoms in total. The lowest BCUT2D eigenvalue weighted by Crippen LogP contribution is -2.49. The Hall–Kier alpha value is -1.18. The van der Waals surface area contributed by atoms with Gasteiger partial charge < -0.3 is 19.5 Å². The summed E-state index contributed by atoms with van der Waals surface area (Å²) in [5, 5.41) is 11.6. The minimum Gasteiger partial charge on any atom is -0.464 e. The summed E-state index contributed by atoms with van der Waals surface area (Å²) in [7, 11) is 1.33. The van der Waals surface area contributed by atoms with Crippen LogP contribution in [0.4, 0.5) is 5.13 Å². The van der Waals surface area contributed by atoms with Gasteiger partial charge in [-0.15, -0.1) is 11.3 Å². The Morgan fingerprint density at radius 3 is 3.22 bits per heavy atom. The van der Waals surface area contributed by atoms with Gasteiger partial charge in [-0.25, -0.2) is 9.78 Å². The fourth-order valence-corrected chi connectivity index (χ4v) is 2.70. The van der Waals surface area contributed by atoms with Crippen LogP contribution in [0.2, 0.25) is 0 Å². The number of esters is 1. The second-order valence-corrected chi connectivity index (χ2v) is 4.98. The van der Waals surface area contributed by atoms with Crippen molar-refractivity contribution in [1.82, 2.24) is 4.98 Å². The maximum Gasteiger partial charge on any atom is 0.357 e. The molecule has 2 heterocycles. The van der Waals surface area contributed by atoms with E-state index in [0.29, 0.717) is 18.8 Å². The van der Waals surface area contributed by atoms with E-state index in [1.165, 1.54) is 18.4 Å². The van der Waals surface area contributed by atoms with Crippen molar-refractivity contribution in [3.8, 4) is 0 Å². The van der Waals surface area contributed by atoms with Gasteiger partial charge in [0.1, 0.15) is 0 Å². The fraction of sp³-hybridized carbons (Fsp3) is 0.636. The molecule has 2 atom stereocenters. The van der Waals surface area contributed by atoms with E-state index >= 15 is 0 Å². The number of carbonyl (C=O) groups is 1. The number of rotatable bonds is 3. The molecule has 0 radical (unpaired) electrons. The van der Waals surface area contributed by atoms with Crippen LogP contribution in [0.3, 0.4) is 0 Å². The zero-order chi connectivity index (χ0) is 13.1. The second kappa shape index (κ2) is 5.64. The summed E-state index contributed by atoms with van der Waals surface area (Å²) >= 11 is 1.39. The second-order valence-electron chi connectivity index (χ2n) is 4.15. The smallest absolute Gasteiger partial charge is 0.357 e. The lowest BCUT2D eigenvalue weighted by Gasteiger charge is -2.37. The van der Waals surface area contributed by atoms with Crippen molar-refractivity contribution in [2.45, 2.75) is 19.1 Å². The Labute approximate surface area is 109 Å². The first-order chi connectivity index (χ1) is 8.65. The first-order valence-corrected chi connectivity index (χ1v) is 6.56. The highest BCUT2D eigenvalue weighted by Crippen LogP contribution is 2.25. The molecule has 0 spiro atoms. The summed E-state index contributed by atoms with van der Waals surface area (Å²) in [6, 6.07) is 0.171. The average Bonchev–Trinajstić information content (AvgIpc) is 2.88. The molecule has 100 valence electrons. The minimum atomic E-state index is -0.433. The maximum atomic E-state index is 11.4. The molecular formula is C11H16N2O4S. The number of hydrogen-bond donors (Lipinski definition) is 1. The number of thiazole rings is 1. The Bertz CT molecular complexity index is 423. The predicted octanol–water partition coefficient (Wildman–Crippen LogP) is 0.516. The summed E-state index contributed by atoms with van der Waals surface area (Å²) in [5.41, 5.74) is 0.316. The van der Waals surface area contributed by atoms with E-state index in [0.717, 1.165) is 5.13 Å². The van der Waals surface area contributed by atoms with Crippen LogP contribution in [0, 0.1) is 0 Å². The van der Waals surface area contributed by atoms with Crippen LogP contribution in [0.1, 0.15) is 17.4 Å². The minimum absolute atomic E-state index is 0.0154. The number of ether oxygens (including phenoxy) is 2. The average molecular weight is 272 g/mol. The molecule has 2 unspecified atom stereocenters. The van der Waals surface area contributed by atoms with Gasteiger partial charge in [-0.05, 0) is 6.92 Å². The van der Waals surface area contributed by atoms with Crippen LogP contribution < -0.4 is 4.90 Å². The largest absolute Gasteiger partial charge is 0.464 e. The standard InChI is InChI=1S/C11H16N2O4S/c1-7-5-17-8(4-14)3-13(7)11-12-9(6-18-11)10(15)16-2/h6-8,14H,3-5H2,1-2H3. The van der Waals surface area contributed by atoms with Crippen LogP contribution in [0.25, 0.3) is 0 Å². The molecule has 1 aliphatic rings. The Morgan fingerprint density at radius 1 is 1.78 bits per heavy atom. The van der Waals surface area contributed by atoms with E-state index in [1.807, 2.05) is 11.8 Å². The SMILES string of the molecule is COC(=O)c1csc(N2CC(CO)OCC2C)n1. The number of anilines is 1. The van der Waals surface area contributed by atoms with E-state index in [2.05, 4.69) is 9.72 Å². The molecule has 2 rings (SSSR count). The molecule has 18 heavy (non-hydrogen) atoms. The van der Waals surface area contributed by atoms with Gasteiger partial charge in [0.15, 0.2) is 10.8 Å². The summed E-state index contributed by atoms with van der Waals surface area (Å²) in [6.45, 7) is 3.12. The van der Waals surface area contributed by atoms with Crippen LogP contribution in [0.15, 0.2) is 5.38 Å². The van der Waals surface area contributed by atoms with Crippen LogP contribution in [-0.4, -0.2) is 55.1 Å². The van der Waals surface area contributed by atoms with Crippen molar-refractivity contribution in [1.29, 1.82) is 0 Å². The summed E-state index contributed by atoms with van der Waals surface area (Å²) in [4.78, 5) is 17.7. The molecule has 1 aromatic heterocycles. The third-order valence-corrected chi connectivity index (χ3v) is 3.72. The molecule has 0 saturated carbocycles. The van der Waals surface area contributed by atoms with Crippen LogP contribution in [0.5, 0.6) is 0 Å². The zero-order valence-corrected chi connectivity index (χ0v) is 11.1. The van der Waals surface area contributed by atoms with Gasteiger partial charge in [-0.1, -0.05) is 0 Å². The molecule has 0 amide bonds. The van der Waals surface area contributed by atoms with E-state index < -0.39 is 5.97 Å². The molecular weight excluding hydrogens is 256 g/mol. The topological polar surface area (TPSA) is 71.9 Å². The number of methoxy groups -OCH3 is 1. The highest BCUT2D eigenvalue weighted by Gasteiger charge is 2.28. The Morgan fingerprint density at radius 2 is 2.56 bits per heavy atom. The van der Waals surface area contributed by atoms with E-state index in [1.54, 1.807) is 5.38 Å². The van der Waals surface area contributed by atoms with Gasteiger partial charge in [-0.2, -0.15) is 0 Å². The molecule has 7 heteroatoms. The molecule has 0 aliphatic carbocycles. The molecule has 1 saturated heterocycles. The molecule has 1 aliphatic heterocycles. The lowest BCUT2D eigenvalue weighted by molar-refractivity contribution is -0.0103. The van der Waals surface area contributed by atoms with Gasteiger partial charge in [0.2, 0.25) is 0 Å². The quantitative estimate of drug-likeness (QED) is 0.809. The van der Waals surface area contributed by atoms with Crippen molar-refractivity contribution >= 4 is 22.4 Å². The Balaban J connectivity index is 2.14. The maximum absolute atomic E-state index is 11.4. The number of carbonyl (C=O) groups excluding carboxylic acids is 1. The van der Waals surface area contributed by atoms with Gasteiger partial charge >= 0.3 is 5.97 Å². The number of morpholine rings is 1. The third kappa shape index (κ3) is 2.63. The highest BCUT2D eigenvalue weighted by molar-refractivity contribution is 7.13. The summed E-state index contributed by atoms with van der Waals surface area (Å²) < 4.78 is 10.1. The first kappa shape index (κ1) is 13.3. The van der Waals surface area contributed by atoms with Gasteiger partial charge in [0.05, 0.1) is 32.5 Å². The first-order valence-electron chi connectivity index (χ1n) is 5.68. The number of nitrogens with zero attached hydrogens (tertiary/aromatic N) is 2. The number of aliphatic hydroxyl groups is 1. The highest BCUT2D eigenvalue weighted by atomic mass is 32.1. The number of hydrogen-bond acceptors (Lipinski definition) is 7. The fourth-order valence-electron chi connectivity index (χ4n) is 1.79. The molecule has 1 N–H and O–H groups in total. The summed E-state index contributed by atoms with van der Waals surface area (Å²) in [5.74, 6) is -0.433. The molecule has 0 bridgehead atoms. The van der Waals surface area contributed by atoms with Gasteiger partial charge in [0, 0.05) is 11.9 Å². The van der Waals surface area contributed by atoms with Gasteiger partial charge in [0.25, 0.3) is 0 Å². The van der Waals surface area contributed by atoms with Crippen molar-refractivity contribution < 1.29 is 19.4 Å². The van der Waals surface area contributed by atoms with E-state index in [-0.39, 0.29) is 18.8 Å². The Kier molecular flexibility index (Phi) is 4.15. The molecule has 0 aromatic carbocycles. The van der Waals surface area contributed by atoms with Crippen LogP contribution >= 0.6 is 11.3 Å². The number of aliphatic hydroxyl groups excluding tert-OH is 1. The van der Waals surface area contributed by atoms with Crippen molar-refractivity contribution in [3.05, 3.63) is 11.1 Å². The van der Waals surface area contributed by atoms with Crippen LogP contribution in [-0.2, 0) is 9.47 Å². The van der Waals surface area contributed by atoms with Crippen molar-refractivity contribution in [3.63, 3.8) is 0 Å². The molecule has 1 aromatic rings. The van der Waals surface area contributed by atoms with Crippen molar-refractivity contribution in [2.24, 2.45) is 0 Å². The van der Waals surface area contributed by atoms with E-state index in [4.69, 9.17) is 9.84 Å². The summed E-state index contributed by atoms with van der Waals surface area (Å²) in [6.07, 6.45) is -0.202. The molecule has 1 fully saturated rings. The lowest BCUT2D eigenvalue weighted by atomic mass is 10.2. The monoisotopic (exact) mass is 272 g/mol. The number of aromatic nitrogens is 1.